The van der Waals surface area contributed by atoms with Crippen molar-refractivity contribution >= 4 is 76.9 Å². The number of allylic oxidation sites excluding steroid dienone is 2. The lowest BCUT2D eigenvalue weighted by Gasteiger charge is -2.40. The van der Waals surface area contributed by atoms with Gasteiger partial charge in [0.15, 0.2) is 0 Å². The molecule has 1 aliphatic rings. The zero-order valence-electron chi connectivity index (χ0n) is 57.4. The van der Waals surface area contributed by atoms with Crippen LogP contribution in [0.2, 0.25) is 0 Å². The first kappa shape index (κ1) is 80.2. The highest BCUT2D eigenvalue weighted by Crippen LogP contribution is 2.25. The minimum Gasteiger partial charge on any atom is -0.390 e. The van der Waals surface area contributed by atoms with Crippen molar-refractivity contribution in [1.82, 2.24) is 60.5 Å². The van der Waals surface area contributed by atoms with Gasteiger partial charge in [0.1, 0.15) is 60.4 Å². The molecule has 6 N–H and O–H groups in total. The highest BCUT2D eigenvalue weighted by atomic mass is 32.2. The van der Waals surface area contributed by atoms with Gasteiger partial charge in [-0.05, 0) is 104 Å². The Bertz CT molecular complexity index is 2420. The highest BCUT2D eigenvalue weighted by molar-refractivity contribution is 7.99. The predicted molar refractivity (Wildman–Crippen MR) is 342 cm³/mol. The summed E-state index contributed by atoms with van der Waals surface area (Å²) in [6.45, 7) is 25.4. The first-order chi connectivity index (χ1) is 40.5. The van der Waals surface area contributed by atoms with Gasteiger partial charge in [-0.2, -0.15) is 11.8 Å². The second kappa shape index (κ2) is 36.1. The largest absolute Gasteiger partial charge is 0.390 e. The van der Waals surface area contributed by atoms with Crippen molar-refractivity contribution in [3.05, 3.63) is 12.2 Å². The fraction of sp³-hybridized carbons (Fsp3) is 0.790. The molecule has 1 aliphatic heterocycles. The van der Waals surface area contributed by atoms with E-state index in [1.54, 1.807) is 60.6 Å². The molecule has 25 nitrogen and oxygen atoms in total. The number of thioether (sulfide) groups is 1. The van der Waals surface area contributed by atoms with E-state index in [9.17, 15) is 53.4 Å². The van der Waals surface area contributed by atoms with Crippen LogP contribution in [0.25, 0.3) is 0 Å². The Morgan fingerprint density at radius 1 is 0.568 bits per heavy atom. The van der Waals surface area contributed by atoms with Gasteiger partial charge >= 0.3 is 6.03 Å². The number of hydrogen-bond acceptors (Lipinski definition) is 15. The lowest BCUT2D eigenvalue weighted by Crippen LogP contribution is -2.64. The fourth-order valence-electron chi connectivity index (χ4n) is 10.5. The molecule has 0 spiro atoms. The molecule has 0 radical (unpaired) electrons. The molecule has 88 heavy (non-hydrogen) atoms. The van der Waals surface area contributed by atoms with Gasteiger partial charge in [-0.3, -0.25) is 52.8 Å². The topological polar surface area (TPSA) is 302 Å². The molecule has 1 saturated heterocycles. The maximum atomic E-state index is 15.2. The lowest BCUT2D eigenvalue weighted by atomic mass is 9.91. The molecular weight excluding hydrogens is 1150 g/mol. The molecule has 0 aromatic rings. The van der Waals surface area contributed by atoms with Crippen LogP contribution < -0.4 is 21.3 Å². The monoisotopic (exact) mass is 1260 g/mol. The third-order valence-electron chi connectivity index (χ3n) is 16.1. The third kappa shape index (κ3) is 22.9. The fourth-order valence-corrected chi connectivity index (χ4v) is 11.7. The number of aliphatic hydroxyl groups is 2. The summed E-state index contributed by atoms with van der Waals surface area (Å²) >= 11 is 1.36. The quantitative estimate of drug-likeness (QED) is 0.0847. The standard InChI is InChI=1S/C62H112N12O13S/c1-25-27-28-39(11)50(75)49-54(79)65-42(26-2)56(81)71(21)46(34-88-30-29-67(16)17)58(83)70(20)45(33-62(14,15)87)53(78)66-47(37(7)8)59(84)68(18)43(31-35(3)4)52(77)63-40(12)51(76)64-41(13)55(80)69(19)44(32-36(5)6)57(82)74(24)61(86)73(23)48(38(9)10)60(85)72(49)22/h25,27,35-50,75,87H,26,28-34H2,1-24H3,(H,63,77)(H,64,76)(H,65,79)(H,66,78)/b27-25+/t39-,40-,41?,42+,43+,44-,45+,46+,47-,48+,49?,50-/m1/s1. The van der Waals surface area contributed by atoms with Crippen LogP contribution in [0.1, 0.15) is 136 Å². The van der Waals surface area contributed by atoms with E-state index in [4.69, 9.17) is 0 Å². The van der Waals surface area contributed by atoms with Crippen molar-refractivity contribution in [3.63, 3.8) is 0 Å². The number of rotatable bonds is 18. The van der Waals surface area contributed by atoms with Gasteiger partial charge in [-0.25, -0.2) is 4.79 Å². The van der Waals surface area contributed by atoms with Crippen molar-refractivity contribution in [2.45, 2.75) is 208 Å². The van der Waals surface area contributed by atoms with E-state index in [2.05, 4.69) is 21.3 Å². The zero-order valence-corrected chi connectivity index (χ0v) is 58.2. The molecule has 504 valence electrons. The van der Waals surface area contributed by atoms with Crippen LogP contribution in [0.5, 0.6) is 0 Å². The van der Waals surface area contributed by atoms with Crippen molar-refractivity contribution in [3.8, 4) is 0 Å². The molecule has 0 aromatic heterocycles. The van der Waals surface area contributed by atoms with Crippen molar-refractivity contribution in [2.24, 2.45) is 29.6 Å². The van der Waals surface area contributed by atoms with E-state index in [-0.39, 0.29) is 49.7 Å². The number of nitrogens with zero attached hydrogens (tertiary/aromatic N) is 8. The molecule has 1 rings (SSSR count). The molecule has 0 aliphatic carbocycles. The number of carbonyl (C=O) groups is 11. The highest BCUT2D eigenvalue weighted by Gasteiger charge is 2.46. The molecule has 0 saturated carbocycles. The number of carbonyl (C=O) groups excluding carboxylic acids is 11. The molecular formula is C62H112N12O13S. The van der Waals surface area contributed by atoms with E-state index < -0.39 is 155 Å². The summed E-state index contributed by atoms with van der Waals surface area (Å²) in [6, 6.07) is -14.4. The van der Waals surface area contributed by atoms with Gasteiger partial charge in [-0.15, -0.1) is 0 Å². The summed E-state index contributed by atoms with van der Waals surface area (Å²) < 4.78 is 0. The maximum Gasteiger partial charge on any atom is 0.326 e. The van der Waals surface area contributed by atoms with Crippen LogP contribution in [0.3, 0.4) is 0 Å². The number of likely N-dealkylation sites (N-methyl/N-ethyl adjacent to an activating group) is 7. The SMILES string of the molecule is C/C=C/C[C@@H](C)[C@@H](O)C1C(=O)N[C@@H](CC)C(=O)N(C)[C@@H](CSCCN(C)C)C(=O)N(C)[C@@H](CC(C)(C)O)C(=O)N[C@H](C(C)C)C(=O)N(C)[C@@H](CC(C)C)C(=O)N[C@H](C)C(=O)NC(C)C(=O)N(C)[C@H](CC(C)C)C(=O)N(C)C(=O)N(C)[C@@H](C(C)C)C(=O)N1C. The molecule has 26 heteroatoms. The third-order valence-corrected chi connectivity index (χ3v) is 17.1. The summed E-state index contributed by atoms with van der Waals surface area (Å²) in [4.78, 5) is 171. The van der Waals surface area contributed by atoms with Gasteiger partial charge in [0.2, 0.25) is 53.2 Å². The number of urea groups is 1. The van der Waals surface area contributed by atoms with Crippen molar-refractivity contribution < 1.29 is 63.0 Å². The number of nitrogens with one attached hydrogen (secondary N) is 4. The molecule has 2 unspecified atom stereocenters. The van der Waals surface area contributed by atoms with Gasteiger partial charge in [-0.1, -0.05) is 81.4 Å². The maximum absolute atomic E-state index is 15.2. The van der Waals surface area contributed by atoms with E-state index in [1.807, 2.05) is 46.7 Å². The van der Waals surface area contributed by atoms with Gasteiger partial charge in [0, 0.05) is 73.8 Å². The zero-order chi connectivity index (χ0) is 68.3. The minimum atomic E-state index is -1.68. The number of amides is 12. The smallest absolute Gasteiger partial charge is 0.326 e. The molecule has 12 atom stereocenters. The summed E-state index contributed by atoms with van der Waals surface area (Å²) in [5, 5.41) is 34.4. The second-order valence-corrected chi connectivity index (χ2v) is 27.5. The van der Waals surface area contributed by atoms with E-state index in [1.165, 1.54) is 98.6 Å². The first-order valence-electron chi connectivity index (χ1n) is 30.9. The Balaban J connectivity index is 4.46. The summed E-state index contributed by atoms with van der Waals surface area (Å²) in [6.07, 6.45) is 2.08. The number of imide groups is 1. The summed E-state index contributed by atoms with van der Waals surface area (Å²) in [5.41, 5.74) is -1.58. The summed E-state index contributed by atoms with van der Waals surface area (Å²) in [7, 11) is 13.1. The Labute approximate surface area is 529 Å². The van der Waals surface area contributed by atoms with Crippen LogP contribution >= 0.6 is 11.8 Å². The van der Waals surface area contributed by atoms with E-state index >= 15 is 9.59 Å². The van der Waals surface area contributed by atoms with Gasteiger partial charge < -0.3 is 65.8 Å². The average molecular weight is 1270 g/mol. The normalized spacial score (nSPS) is 26.4. The number of hydrogen-bond donors (Lipinski definition) is 6. The molecule has 1 fully saturated rings. The van der Waals surface area contributed by atoms with E-state index in [0.29, 0.717) is 12.3 Å². The molecule has 0 bridgehead atoms. The number of aliphatic hydroxyl groups excluding tert-OH is 1. The molecule has 12 amide bonds. The van der Waals surface area contributed by atoms with E-state index in [0.717, 1.165) is 24.5 Å². The van der Waals surface area contributed by atoms with Crippen LogP contribution in [-0.4, -0.2) is 268 Å². The van der Waals surface area contributed by atoms with Crippen molar-refractivity contribution in [2.75, 3.05) is 81.5 Å². The van der Waals surface area contributed by atoms with Gasteiger partial charge in [0.25, 0.3) is 5.91 Å². The molecule has 1 heterocycles. The Hall–Kier alpha value is -5.86. The van der Waals surface area contributed by atoms with Crippen LogP contribution in [-0.2, 0) is 47.9 Å². The average Bonchev–Trinajstić information content (AvgIpc) is 3.47. The van der Waals surface area contributed by atoms with Crippen LogP contribution in [0.15, 0.2) is 12.2 Å². The van der Waals surface area contributed by atoms with Crippen LogP contribution in [0.4, 0.5) is 4.79 Å². The molecule has 0 aromatic carbocycles. The second-order valence-electron chi connectivity index (χ2n) is 26.3. The van der Waals surface area contributed by atoms with Gasteiger partial charge in [0.05, 0.1) is 11.7 Å². The Morgan fingerprint density at radius 3 is 1.56 bits per heavy atom. The van der Waals surface area contributed by atoms with Crippen LogP contribution in [0, 0.1) is 29.6 Å². The Kier molecular flexibility index (Phi) is 32.9. The van der Waals surface area contributed by atoms with Crippen molar-refractivity contribution in [1.29, 1.82) is 0 Å². The Morgan fingerprint density at radius 2 is 1.07 bits per heavy atom. The first-order valence-corrected chi connectivity index (χ1v) is 32.0. The summed E-state index contributed by atoms with van der Waals surface area (Å²) in [5.74, 6) is -9.48. The lowest BCUT2D eigenvalue weighted by molar-refractivity contribution is -0.152. The predicted octanol–water partition coefficient (Wildman–Crippen LogP) is 2.23. The minimum absolute atomic E-state index is 0.00879.